The van der Waals surface area contributed by atoms with E-state index in [9.17, 15) is 14.4 Å². The number of nitrogens with zero attached hydrogens (tertiary/aromatic N) is 5. The van der Waals surface area contributed by atoms with Crippen LogP contribution in [0.15, 0.2) is 71.5 Å². The van der Waals surface area contributed by atoms with Crippen LogP contribution in [0.25, 0.3) is 22.0 Å². The van der Waals surface area contributed by atoms with E-state index in [0.29, 0.717) is 36.5 Å². The van der Waals surface area contributed by atoms with Crippen LogP contribution in [0.2, 0.25) is 0 Å². The van der Waals surface area contributed by atoms with Gasteiger partial charge in [-0.2, -0.15) is 0 Å². The Morgan fingerprint density at radius 3 is 2.39 bits per heavy atom. The number of aromatic nitrogens is 2. The molecule has 10 heteroatoms. The lowest BCUT2D eigenvalue weighted by molar-refractivity contribution is -0.134. The molecule has 1 fully saturated rings. The van der Waals surface area contributed by atoms with Gasteiger partial charge in [0.05, 0.1) is 17.5 Å². The number of fused-ring (bicyclic) bond motifs is 2. The number of amides is 2. The fraction of sp³-hybridized carbons (Fsp3) is 0.290. The van der Waals surface area contributed by atoms with Crippen molar-refractivity contribution in [2.45, 2.75) is 12.8 Å². The fourth-order valence-electron chi connectivity index (χ4n) is 5.47. The van der Waals surface area contributed by atoms with Crippen molar-refractivity contribution in [1.29, 1.82) is 0 Å². The van der Waals surface area contributed by atoms with Crippen LogP contribution in [0.1, 0.15) is 11.1 Å². The quantitative estimate of drug-likeness (QED) is 0.364. The molecule has 0 atom stereocenters. The van der Waals surface area contributed by atoms with E-state index in [0.717, 1.165) is 52.1 Å². The third-order valence-electron chi connectivity index (χ3n) is 7.88. The summed E-state index contributed by atoms with van der Waals surface area (Å²) in [5, 5.41) is 5.50. The Kier molecular flexibility index (Phi) is 7.15. The lowest BCUT2D eigenvalue weighted by Gasteiger charge is -2.32. The van der Waals surface area contributed by atoms with Crippen LogP contribution >= 0.6 is 0 Å². The zero-order valence-electron chi connectivity index (χ0n) is 23.0. The van der Waals surface area contributed by atoms with Gasteiger partial charge in [0.15, 0.2) is 6.61 Å². The summed E-state index contributed by atoms with van der Waals surface area (Å²) in [6.45, 7) is 3.72. The van der Waals surface area contributed by atoms with Gasteiger partial charge in [-0.05, 0) is 36.7 Å². The number of piperazine rings is 1. The molecule has 0 radical (unpaired) electrons. The van der Waals surface area contributed by atoms with Crippen LogP contribution in [0.5, 0.6) is 5.75 Å². The predicted molar refractivity (Wildman–Crippen MR) is 157 cm³/mol. The molecule has 0 bridgehead atoms. The largest absolute Gasteiger partial charge is 0.484 e. The number of benzene rings is 3. The number of carbonyl (C=O) groups is 2. The SMILES string of the molecule is CN1CCN(C(=O)COc2ccc3c(c2)N(C(=O)Cc2ccc(-c4nn(N)c(=O)c5ccccc45)cc2)CC3)CC1. The third-order valence-corrected chi connectivity index (χ3v) is 7.88. The van der Waals surface area contributed by atoms with E-state index in [2.05, 4.69) is 17.0 Å². The molecule has 0 unspecified atom stereocenters. The Labute approximate surface area is 237 Å². The minimum absolute atomic E-state index is 0.0127. The minimum Gasteiger partial charge on any atom is -0.484 e. The maximum atomic E-state index is 13.4. The van der Waals surface area contributed by atoms with Crippen molar-refractivity contribution in [2.75, 3.05) is 57.1 Å². The zero-order chi connectivity index (χ0) is 28.5. The second-order valence-electron chi connectivity index (χ2n) is 10.6. The Balaban J connectivity index is 1.13. The van der Waals surface area contributed by atoms with Gasteiger partial charge in [0.1, 0.15) is 11.4 Å². The third kappa shape index (κ3) is 5.38. The fourth-order valence-corrected chi connectivity index (χ4v) is 5.47. The summed E-state index contributed by atoms with van der Waals surface area (Å²) >= 11 is 0. The number of nitrogens with two attached hydrogens (primary N) is 1. The Morgan fingerprint density at radius 1 is 0.902 bits per heavy atom. The number of nitrogen functional groups attached to an aromatic ring is 1. The predicted octanol–water partition coefficient (Wildman–Crippen LogP) is 2.06. The van der Waals surface area contributed by atoms with Gasteiger partial charge in [0.2, 0.25) is 5.91 Å². The van der Waals surface area contributed by atoms with E-state index in [-0.39, 0.29) is 30.4 Å². The maximum Gasteiger partial charge on any atom is 0.293 e. The number of likely N-dealkylation sites (N-methyl/N-ethyl adjacent to an activating group) is 1. The van der Waals surface area contributed by atoms with Gasteiger partial charge in [0.25, 0.3) is 11.5 Å². The van der Waals surface area contributed by atoms with E-state index in [1.54, 1.807) is 17.0 Å². The summed E-state index contributed by atoms with van der Waals surface area (Å²) in [7, 11) is 2.05. The van der Waals surface area contributed by atoms with Gasteiger partial charge in [-0.1, -0.05) is 48.5 Å². The molecule has 0 spiro atoms. The van der Waals surface area contributed by atoms with Gasteiger partial charge >= 0.3 is 0 Å². The summed E-state index contributed by atoms with van der Waals surface area (Å²) in [6.07, 6.45) is 1.01. The molecule has 0 aliphatic carbocycles. The van der Waals surface area contributed by atoms with Crippen LogP contribution in [-0.2, 0) is 22.4 Å². The summed E-state index contributed by atoms with van der Waals surface area (Å²) in [4.78, 5) is 45.0. The average Bonchev–Trinajstić information content (AvgIpc) is 3.42. The number of ether oxygens (including phenoxy) is 1. The highest BCUT2D eigenvalue weighted by Gasteiger charge is 2.26. The summed E-state index contributed by atoms with van der Waals surface area (Å²) in [5.41, 5.74) is 3.83. The molecule has 3 aromatic carbocycles. The molecule has 6 rings (SSSR count). The van der Waals surface area contributed by atoms with Crippen molar-refractivity contribution in [3.63, 3.8) is 0 Å². The molecule has 210 valence electrons. The first kappa shape index (κ1) is 26.5. The van der Waals surface area contributed by atoms with Gasteiger partial charge < -0.3 is 25.3 Å². The van der Waals surface area contributed by atoms with Crippen LogP contribution in [0.4, 0.5) is 5.69 Å². The standard InChI is InChI=1S/C31H32N6O4/c1-34-14-16-35(17-15-34)29(39)20-41-24-11-10-22-12-13-36(27(22)19-24)28(38)18-21-6-8-23(9-7-21)30-25-4-2-3-5-26(25)31(40)37(32)33-30/h2-11,19H,12-18,20,32H2,1H3. The Morgan fingerprint density at radius 2 is 1.63 bits per heavy atom. The number of hydrogen-bond donors (Lipinski definition) is 1. The zero-order valence-corrected chi connectivity index (χ0v) is 23.0. The lowest BCUT2D eigenvalue weighted by atomic mass is 10.0. The molecule has 41 heavy (non-hydrogen) atoms. The molecule has 0 saturated carbocycles. The molecule has 1 saturated heterocycles. The Bertz CT molecular complexity index is 1670. The molecular weight excluding hydrogens is 520 g/mol. The second kappa shape index (κ2) is 11.1. The summed E-state index contributed by atoms with van der Waals surface area (Å²) in [6, 6.07) is 20.5. The van der Waals surface area contributed by atoms with Gasteiger partial charge in [-0.15, -0.1) is 9.89 Å². The number of rotatable bonds is 6. The molecule has 2 aliphatic rings. The topological polar surface area (TPSA) is 114 Å². The van der Waals surface area contributed by atoms with Crippen molar-refractivity contribution in [1.82, 2.24) is 19.7 Å². The van der Waals surface area contributed by atoms with E-state index in [1.165, 1.54) is 0 Å². The maximum absolute atomic E-state index is 13.4. The van der Waals surface area contributed by atoms with Gasteiger partial charge in [0, 0.05) is 49.7 Å². The van der Waals surface area contributed by atoms with Crippen LogP contribution in [0.3, 0.4) is 0 Å². The first-order valence-corrected chi connectivity index (χ1v) is 13.8. The molecule has 3 heterocycles. The van der Waals surface area contributed by atoms with Gasteiger partial charge in [-0.25, -0.2) is 0 Å². The van der Waals surface area contributed by atoms with Crippen molar-refractivity contribution in [3.8, 4) is 17.0 Å². The molecule has 2 amide bonds. The summed E-state index contributed by atoms with van der Waals surface area (Å²) in [5.74, 6) is 6.37. The molecule has 4 aromatic rings. The highest BCUT2D eigenvalue weighted by atomic mass is 16.5. The summed E-state index contributed by atoms with van der Waals surface area (Å²) < 4.78 is 5.84. The molecule has 2 aliphatic heterocycles. The number of anilines is 1. The van der Waals surface area contributed by atoms with E-state index >= 15 is 0 Å². The van der Waals surface area contributed by atoms with Crippen molar-refractivity contribution in [2.24, 2.45) is 0 Å². The minimum atomic E-state index is -0.354. The first-order valence-electron chi connectivity index (χ1n) is 13.8. The van der Waals surface area contributed by atoms with E-state index < -0.39 is 0 Å². The van der Waals surface area contributed by atoms with Gasteiger partial charge in [-0.3, -0.25) is 14.4 Å². The van der Waals surface area contributed by atoms with Crippen molar-refractivity contribution in [3.05, 3.63) is 88.2 Å². The van der Waals surface area contributed by atoms with Crippen molar-refractivity contribution >= 4 is 28.3 Å². The van der Waals surface area contributed by atoms with Crippen LogP contribution < -0.4 is 21.0 Å². The first-order chi connectivity index (χ1) is 19.9. The van der Waals surface area contributed by atoms with E-state index in [4.69, 9.17) is 10.6 Å². The highest BCUT2D eigenvalue weighted by Crippen LogP contribution is 2.32. The Hall–Kier alpha value is -4.70. The van der Waals surface area contributed by atoms with E-state index in [1.807, 2.05) is 59.5 Å². The average molecular weight is 553 g/mol. The second-order valence-corrected chi connectivity index (χ2v) is 10.6. The smallest absolute Gasteiger partial charge is 0.293 e. The molecular formula is C31H32N6O4. The lowest BCUT2D eigenvalue weighted by Crippen LogP contribution is -2.48. The van der Waals surface area contributed by atoms with Crippen LogP contribution in [0, 0.1) is 0 Å². The molecule has 10 nitrogen and oxygen atoms in total. The molecule has 1 aromatic heterocycles. The van der Waals surface area contributed by atoms with Crippen LogP contribution in [-0.4, -0.2) is 77.9 Å². The number of hydrogen-bond acceptors (Lipinski definition) is 7. The monoisotopic (exact) mass is 552 g/mol. The molecule has 2 N–H and O–H groups in total. The number of carbonyl (C=O) groups excluding carboxylic acids is 2. The van der Waals surface area contributed by atoms with Crippen molar-refractivity contribution < 1.29 is 14.3 Å². The highest BCUT2D eigenvalue weighted by molar-refractivity contribution is 5.97. The normalized spacial score (nSPS) is 15.2.